The molecule has 2 atom stereocenters. The first-order valence-corrected chi connectivity index (χ1v) is 10.1. The first kappa shape index (κ1) is 20.5. The molecule has 2 N–H and O–H groups in total. The SMILES string of the molecule is COc1ccc2nc(NC(NC(=O)OCC3CCCO3)C(Cl)(Cl)Cl)sc2c1. The highest BCUT2D eigenvalue weighted by molar-refractivity contribution is 7.22. The van der Waals surface area contributed by atoms with Crippen LogP contribution < -0.4 is 15.4 Å². The fraction of sp³-hybridized carbons (Fsp3) is 0.500. The van der Waals surface area contributed by atoms with Gasteiger partial charge in [-0.05, 0) is 31.0 Å². The van der Waals surface area contributed by atoms with E-state index in [1.807, 2.05) is 12.1 Å². The number of halogens is 3. The van der Waals surface area contributed by atoms with Crippen LogP contribution in [0, 0.1) is 0 Å². The summed E-state index contributed by atoms with van der Waals surface area (Å²) in [6.07, 6.45) is -0.0291. The zero-order valence-corrected chi connectivity index (χ0v) is 17.4. The molecule has 148 valence electrons. The van der Waals surface area contributed by atoms with Gasteiger partial charge in [0.2, 0.25) is 3.79 Å². The molecular formula is C16H18Cl3N3O4S. The number of methoxy groups -OCH3 is 1. The third-order valence-corrected chi connectivity index (χ3v) is 5.48. The topological polar surface area (TPSA) is 81.7 Å². The van der Waals surface area contributed by atoms with Gasteiger partial charge in [0, 0.05) is 6.61 Å². The normalized spacial score (nSPS) is 18.3. The first-order valence-electron chi connectivity index (χ1n) is 8.18. The fourth-order valence-electron chi connectivity index (χ4n) is 2.52. The van der Waals surface area contributed by atoms with E-state index in [9.17, 15) is 4.79 Å². The van der Waals surface area contributed by atoms with Crippen molar-refractivity contribution in [1.82, 2.24) is 10.3 Å². The Bertz CT molecular complexity index is 793. The Morgan fingerprint density at radius 1 is 1.48 bits per heavy atom. The molecule has 0 saturated carbocycles. The number of anilines is 1. The molecule has 0 bridgehead atoms. The number of rotatable bonds is 6. The van der Waals surface area contributed by atoms with Crippen LogP contribution in [0.4, 0.5) is 9.93 Å². The zero-order chi connectivity index (χ0) is 19.4. The second kappa shape index (κ2) is 8.87. The molecule has 2 heterocycles. The molecule has 0 radical (unpaired) electrons. The quantitative estimate of drug-likeness (QED) is 0.500. The van der Waals surface area contributed by atoms with Gasteiger partial charge < -0.3 is 19.5 Å². The number of fused-ring (bicyclic) bond motifs is 1. The van der Waals surface area contributed by atoms with Gasteiger partial charge in [0.15, 0.2) is 11.3 Å². The van der Waals surface area contributed by atoms with Crippen molar-refractivity contribution in [3.05, 3.63) is 18.2 Å². The average molecular weight is 455 g/mol. The van der Waals surface area contributed by atoms with E-state index in [1.165, 1.54) is 11.3 Å². The van der Waals surface area contributed by atoms with E-state index in [-0.39, 0.29) is 12.7 Å². The Morgan fingerprint density at radius 3 is 2.96 bits per heavy atom. The maximum absolute atomic E-state index is 12.1. The smallest absolute Gasteiger partial charge is 0.408 e. The van der Waals surface area contributed by atoms with Crippen molar-refractivity contribution >= 4 is 67.6 Å². The van der Waals surface area contributed by atoms with Crippen molar-refractivity contribution in [3.8, 4) is 5.75 Å². The minimum Gasteiger partial charge on any atom is -0.497 e. The summed E-state index contributed by atoms with van der Waals surface area (Å²) in [5.41, 5.74) is 0.757. The number of alkyl halides is 3. The Labute approximate surface area is 175 Å². The minimum absolute atomic E-state index is 0.0887. The molecule has 0 spiro atoms. The summed E-state index contributed by atoms with van der Waals surface area (Å²) in [4.78, 5) is 16.5. The van der Waals surface area contributed by atoms with Gasteiger partial charge in [-0.1, -0.05) is 46.1 Å². The number of benzene rings is 1. The van der Waals surface area contributed by atoms with Crippen molar-refractivity contribution in [3.63, 3.8) is 0 Å². The molecule has 0 aliphatic carbocycles. The van der Waals surface area contributed by atoms with E-state index in [0.29, 0.717) is 17.5 Å². The van der Waals surface area contributed by atoms with Gasteiger partial charge in [0.05, 0.1) is 23.4 Å². The number of hydrogen-bond donors (Lipinski definition) is 2. The number of nitrogens with zero attached hydrogens (tertiary/aromatic N) is 1. The van der Waals surface area contributed by atoms with Gasteiger partial charge in [-0.2, -0.15) is 0 Å². The highest BCUT2D eigenvalue weighted by atomic mass is 35.6. The highest BCUT2D eigenvalue weighted by Crippen LogP contribution is 2.34. The maximum atomic E-state index is 12.1. The first-order chi connectivity index (χ1) is 12.8. The summed E-state index contributed by atoms with van der Waals surface area (Å²) in [5.74, 6) is 0.714. The Balaban J connectivity index is 1.65. The summed E-state index contributed by atoms with van der Waals surface area (Å²) in [5, 5.41) is 5.93. The number of aromatic nitrogens is 1. The Hall–Kier alpha value is -1.19. The van der Waals surface area contributed by atoms with Crippen molar-refractivity contribution in [2.24, 2.45) is 0 Å². The van der Waals surface area contributed by atoms with Crippen molar-refractivity contribution < 1.29 is 19.0 Å². The molecule has 2 unspecified atom stereocenters. The van der Waals surface area contributed by atoms with Gasteiger partial charge >= 0.3 is 6.09 Å². The van der Waals surface area contributed by atoms with Crippen LogP contribution in [0.15, 0.2) is 18.2 Å². The molecule has 2 aromatic rings. The molecule has 11 heteroatoms. The number of ether oxygens (including phenoxy) is 3. The monoisotopic (exact) mass is 453 g/mol. The van der Waals surface area contributed by atoms with E-state index in [0.717, 1.165) is 23.1 Å². The second-order valence-corrected chi connectivity index (χ2v) is 9.25. The molecule has 27 heavy (non-hydrogen) atoms. The van der Waals surface area contributed by atoms with Crippen molar-refractivity contribution in [2.45, 2.75) is 28.9 Å². The molecule has 1 aliphatic rings. The van der Waals surface area contributed by atoms with Gasteiger partial charge in [0.25, 0.3) is 0 Å². The molecule has 1 aromatic heterocycles. The van der Waals surface area contributed by atoms with Crippen LogP contribution in [0.3, 0.4) is 0 Å². The third kappa shape index (κ3) is 5.65. The number of carbonyl (C=O) groups is 1. The van der Waals surface area contributed by atoms with Crippen LogP contribution >= 0.6 is 46.1 Å². The predicted octanol–water partition coefficient (Wildman–Crippen LogP) is 4.32. The van der Waals surface area contributed by atoms with Gasteiger partial charge in [0.1, 0.15) is 12.4 Å². The lowest BCUT2D eigenvalue weighted by molar-refractivity contribution is 0.0432. The molecule has 1 saturated heterocycles. The Morgan fingerprint density at radius 2 is 2.30 bits per heavy atom. The molecule has 1 amide bonds. The molecule has 1 aromatic carbocycles. The Kier molecular flexibility index (Phi) is 6.75. The summed E-state index contributed by atoms with van der Waals surface area (Å²) >= 11 is 19.3. The van der Waals surface area contributed by atoms with E-state index in [2.05, 4.69) is 15.6 Å². The third-order valence-electron chi connectivity index (χ3n) is 3.88. The van der Waals surface area contributed by atoms with E-state index < -0.39 is 16.1 Å². The van der Waals surface area contributed by atoms with Gasteiger partial charge in [-0.25, -0.2) is 9.78 Å². The van der Waals surface area contributed by atoms with Crippen LogP contribution in [0.25, 0.3) is 10.2 Å². The zero-order valence-electron chi connectivity index (χ0n) is 14.3. The predicted molar refractivity (Wildman–Crippen MR) is 107 cm³/mol. The van der Waals surface area contributed by atoms with Crippen molar-refractivity contribution in [2.75, 3.05) is 25.6 Å². The number of nitrogens with one attached hydrogen (secondary N) is 2. The summed E-state index contributed by atoms with van der Waals surface area (Å²) < 4.78 is 14.8. The summed E-state index contributed by atoms with van der Waals surface area (Å²) in [6.45, 7) is 0.829. The number of amides is 1. The number of carbonyl (C=O) groups excluding carboxylic acids is 1. The maximum Gasteiger partial charge on any atom is 0.408 e. The number of thiazole rings is 1. The van der Waals surface area contributed by atoms with Crippen LogP contribution in [0.2, 0.25) is 0 Å². The second-order valence-electron chi connectivity index (χ2n) is 5.85. The van der Waals surface area contributed by atoms with Gasteiger partial charge in [-0.15, -0.1) is 0 Å². The number of alkyl carbamates (subject to hydrolysis) is 1. The molecular weight excluding hydrogens is 437 g/mol. The van der Waals surface area contributed by atoms with Gasteiger partial charge in [-0.3, -0.25) is 5.32 Å². The van der Waals surface area contributed by atoms with Crippen LogP contribution in [0.1, 0.15) is 12.8 Å². The fourth-order valence-corrected chi connectivity index (χ4v) is 3.77. The standard InChI is InChI=1S/C16H18Cl3N3O4S/c1-24-9-4-5-11-12(7-9)27-14(20-11)21-13(16(17,18)19)22-15(23)26-8-10-3-2-6-25-10/h4-5,7,10,13H,2-3,6,8H2,1H3,(H,20,21)(H,22,23). The summed E-state index contributed by atoms with van der Waals surface area (Å²) in [6, 6.07) is 5.48. The largest absolute Gasteiger partial charge is 0.497 e. The minimum atomic E-state index is -1.82. The molecule has 3 rings (SSSR count). The number of hydrogen-bond acceptors (Lipinski definition) is 7. The van der Waals surface area contributed by atoms with E-state index in [1.54, 1.807) is 13.2 Å². The van der Waals surface area contributed by atoms with Crippen LogP contribution in [-0.2, 0) is 9.47 Å². The van der Waals surface area contributed by atoms with E-state index >= 15 is 0 Å². The van der Waals surface area contributed by atoms with Crippen molar-refractivity contribution in [1.29, 1.82) is 0 Å². The summed E-state index contributed by atoms with van der Waals surface area (Å²) in [7, 11) is 1.59. The van der Waals surface area contributed by atoms with Crippen LogP contribution in [0.5, 0.6) is 5.75 Å². The molecule has 7 nitrogen and oxygen atoms in total. The lowest BCUT2D eigenvalue weighted by atomic mass is 10.2. The van der Waals surface area contributed by atoms with Crippen LogP contribution in [-0.4, -0.2) is 47.5 Å². The van der Waals surface area contributed by atoms with E-state index in [4.69, 9.17) is 49.0 Å². The highest BCUT2D eigenvalue weighted by Gasteiger charge is 2.35. The molecule has 1 aliphatic heterocycles. The lowest BCUT2D eigenvalue weighted by Crippen LogP contribution is -2.49. The lowest BCUT2D eigenvalue weighted by Gasteiger charge is -2.26. The molecule has 1 fully saturated rings. The average Bonchev–Trinajstić information content (AvgIpc) is 3.27.